The van der Waals surface area contributed by atoms with Crippen LogP contribution >= 0.6 is 11.3 Å². The average molecular weight is 337 g/mol. The van der Waals surface area contributed by atoms with Crippen LogP contribution in [0.1, 0.15) is 17.3 Å². The molecule has 3 rings (SSSR count). The van der Waals surface area contributed by atoms with Crippen molar-refractivity contribution in [2.75, 3.05) is 46.4 Å². The summed E-state index contributed by atoms with van der Waals surface area (Å²) < 4.78 is 5.32. The molecule has 2 aliphatic heterocycles. The molecule has 2 amide bonds. The van der Waals surface area contributed by atoms with Crippen LogP contribution in [0.4, 0.5) is 0 Å². The van der Waals surface area contributed by atoms with Crippen LogP contribution in [-0.4, -0.2) is 68.1 Å². The van der Waals surface area contributed by atoms with Crippen LogP contribution in [0.15, 0.2) is 17.5 Å². The van der Waals surface area contributed by atoms with Crippen molar-refractivity contribution in [3.05, 3.63) is 22.4 Å². The predicted molar refractivity (Wildman–Crippen MR) is 88.2 cm³/mol. The van der Waals surface area contributed by atoms with E-state index >= 15 is 0 Å². The van der Waals surface area contributed by atoms with E-state index in [0.717, 1.165) is 37.7 Å². The summed E-state index contributed by atoms with van der Waals surface area (Å²) >= 11 is 1.60. The van der Waals surface area contributed by atoms with E-state index in [4.69, 9.17) is 4.74 Å². The zero-order valence-electron chi connectivity index (χ0n) is 13.4. The number of morpholine rings is 1. The van der Waals surface area contributed by atoms with Gasteiger partial charge in [-0.3, -0.25) is 14.5 Å². The predicted octanol–water partition coefficient (Wildman–Crippen LogP) is 0.716. The normalized spacial score (nSPS) is 25.8. The fourth-order valence-corrected chi connectivity index (χ4v) is 4.18. The van der Waals surface area contributed by atoms with Crippen LogP contribution in [0, 0.1) is 5.92 Å². The number of nitrogens with one attached hydrogen (secondary N) is 1. The van der Waals surface area contributed by atoms with Gasteiger partial charge < -0.3 is 15.0 Å². The first-order chi connectivity index (χ1) is 11.2. The lowest BCUT2D eigenvalue weighted by Crippen LogP contribution is -2.43. The van der Waals surface area contributed by atoms with Gasteiger partial charge in [0.25, 0.3) is 0 Å². The molecular weight excluding hydrogens is 314 g/mol. The molecule has 2 atom stereocenters. The van der Waals surface area contributed by atoms with Crippen molar-refractivity contribution in [2.24, 2.45) is 5.92 Å². The summed E-state index contributed by atoms with van der Waals surface area (Å²) in [6, 6.07) is 3.83. The largest absolute Gasteiger partial charge is 0.379 e. The van der Waals surface area contributed by atoms with Gasteiger partial charge in [-0.25, -0.2) is 0 Å². The summed E-state index contributed by atoms with van der Waals surface area (Å²) in [5.74, 6) is -0.276. The number of rotatable bonds is 5. The number of hydrogen-bond donors (Lipinski definition) is 1. The Morgan fingerprint density at radius 2 is 2.22 bits per heavy atom. The van der Waals surface area contributed by atoms with Gasteiger partial charge in [-0.05, 0) is 11.4 Å². The number of amides is 2. The molecule has 1 aromatic rings. The minimum absolute atomic E-state index is 0.0191. The van der Waals surface area contributed by atoms with E-state index in [9.17, 15) is 9.59 Å². The quantitative estimate of drug-likeness (QED) is 0.860. The molecule has 1 aromatic heterocycles. The zero-order chi connectivity index (χ0) is 16.2. The molecule has 7 heteroatoms. The molecule has 2 fully saturated rings. The Balaban J connectivity index is 1.56. The van der Waals surface area contributed by atoms with E-state index < -0.39 is 0 Å². The Morgan fingerprint density at radius 3 is 2.91 bits per heavy atom. The molecule has 6 nitrogen and oxygen atoms in total. The Hall–Kier alpha value is -1.44. The summed E-state index contributed by atoms with van der Waals surface area (Å²) in [6.45, 7) is 4.79. The smallest absolute Gasteiger partial charge is 0.226 e. The highest BCUT2D eigenvalue weighted by Crippen LogP contribution is 2.38. The topological polar surface area (TPSA) is 61.9 Å². The van der Waals surface area contributed by atoms with E-state index in [-0.39, 0.29) is 23.8 Å². The molecular formula is C16H23N3O3S. The van der Waals surface area contributed by atoms with E-state index in [2.05, 4.69) is 10.2 Å². The van der Waals surface area contributed by atoms with Crippen LogP contribution < -0.4 is 5.32 Å². The maximum atomic E-state index is 12.6. The van der Waals surface area contributed by atoms with Crippen molar-refractivity contribution < 1.29 is 14.3 Å². The summed E-state index contributed by atoms with van der Waals surface area (Å²) in [4.78, 5) is 29.7. The van der Waals surface area contributed by atoms with Gasteiger partial charge in [0.2, 0.25) is 11.8 Å². The first-order valence-electron chi connectivity index (χ1n) is 8.03. The molecule has 0 bridgehead atoms. The van der Waals surface area contributed by atoms with Crippen molar-refractivity contribution in [2.45, 2.75) is 12.5 Å². The molecule has 0 saturated carbocycles. The van der Waals surface area contributed by atoms with Gasteiger partial charge >= 0.3 is 0 Å². The molecule has 0 aromatic carbocycles. The molecule has 126 valence electrons. The fourth-order valence-electron chi connectivity index (χ4n) is 3.25. The van der Waals surface area contributed by atoms with Crippen molar-refractivity contribution in [1.82, 2.24) is 15.1 Å². The van der Waals surface area contributed by atoms with Gasteiger partial charge in [-0.2, -0.15) is 0 Å². The standard InChI is InChI=1S/C16H23N3O3S/c1-18-14(20)11-12(15(18)13-3-2-10-23-13)16(21)17-4-5-19-6-8-22-9-7-19/h2-3,10,12,15H,4-9,11H2,1H3,(H,17,21)/t12-,15+/m1/s1. The lowest BCUT2D eigenvalue weighted by atomic mass is 9.98. The molecule has 1 N–H and O–H groups in total. The number of thiophene rings is 1. The van der Waals surface area contributed by atoms with E-state index in [1.165, 1.54) is 0 Å². The van der Waals surface area contributed by atoms with Crippen LogP contribution in [-0.2, 0) is 14.3 Å². The SMILES string of the molecule is CN1C(=O)C[C@@H](C(=O)NCCN2CCOCC2)[C@H]1c1cccs1. The summed E-state index contributed by atoms with van der Waals surface area (Å²) in [6.07, 6.45) is 0.294. The Kier molecular flexibility index (Phi) is 5.30. The number of ether oxygens (including phenoxy) is 1. The van der Waals surface area contributed by atoms with E-state index in [0.29, 0.717) is 13.0 Å². The second-order valence-electron chi connectivity index (χ2n) is 6.02. The fraction of sp³-hybridized carbons (Fsp3) is 0.625. The monoisotopic (exact) mass is 337 g/mol. The van der Waals surface area contributed by atoms with E-state index in [1.54, 1.807) is 23.3 Å². The summed E-state index contributed by atoms with van der Waals surface area (Å²) in [7, 11) is 1.79. The van der Waals surface area contributed by atoms with Crippen molar-refractivity contribution in [3.8, 4) is 0 Å². The molecule has 0 aliphatic carbocycles. The maximum Gasteiger partial charge on any atom is 0.226 e. The minimum atomic E-state index is -0.296. The second kappa shape index (κ2) is 7.42. The van der Waals surface area contributed by atoms with Gasteiger partial charge in [0.05, 0.1) is 25.2 Å². The number of carbonyl (C=O) groups excluding carboxylic acids is 2. The molecule has 0 radical (unpaired) electrons. The Morgan fingerprint density at radius 1 is 1.43 bits per heavy atom. The molecule has 3 heterocycles. The van der Waals surface area contributed by atoms with Gasteiger partial charge in [0.1, 0.15) is 0 Å². The second-order valence-corrected chi connectivity index (χ2v) is 7.00. The van der Waals surface area contributed by atoms with Gasteiger partial charge in [0.15, 0.2) is 0 Å². The molecule has 0 spiro atoms. The van der Waals surface area contributed by atoms with Crippen molar-refractivity contribution in [3.63, 3.8) is 0 Å². The van der Waals surface area contributed by atoms with Crippen LogP contribution in [0.25, 0.3) is 0 Å². The molecule has 0 unspecified atom stereocenters. The lowest BCUT2D eigenvalue weighted by molar-refractivity contribution is -0.128. The van der Waals surface area contributed by atoms with Crippen molar-refractivity contribution >= 4 is 23.2 Å². The van der Waals surface area contributed by atoms with Crippen LogP contribution in [0.3, 0.4) is 0 Å². The molecule has 2 aliphatic rings. The first-order valence-corrected chi connectivity index (χ1v) is 8.91. The maximum absolute atomic E-state index is 12.6. The lowest BCUT2D eigenvalue weighted by Gasteiger charge is -2.27. The van der Waals surface area contributed by atoms with Gasteiger partial charge in [-0.1, -0.05) is 6.07 Å². The number of hydrogen-bond acceptors (Lipinski definition) is 5. The summed E-state index contributed by atoms with van der Waals surface area (Å²) in [5, 5.41) is 4.99. The minimum Gasteiger partial charge on any atom is -0.379 e. The highest BCUT2D eigenvalue weighted by molar-refractivity contribution is 7.10. The van der Waals surface area contributed by atoms with Gasteiger partial charge in [-0.15, -0.1) is 11.3 Å². The number of likely N-dealkylation sites (tertiary alicyclic amines) is 1. The summed E-state index contributed by atoms with van der Waals surface area (Å²) in [5.41, 5.74) is 0. The third-order valence-electron chi connectivity index (χ3n) is 4.59. The van der Waals surface area contributed by atoms with E-state index in [1.807, 2.05) is 17.5 Å². The Labute approximate surface area is 140 Å². The zero-order valence-corrected chi connectivity index (χ0v) is 14.2. The third kappa shape index (κ3) is 3.73. The van der Waals surface area contributed by atoms with Crippen LogP contribution in [0.5, 0.6) is 0 Å². The highest BCUT2D eigenvalue weighted by Gasteiger charge is 2.43. The Bertz CT molecular complexity index is 543. The molecule has 2 saturated heterocycles. The van der Waals surface area contributed by atoms with Gasteiger partial charge in [0, 0.05) is 44.5 Å². The highest BCUT2D eigenvalue weighted by atomic mass is 32.1. The average Bonchev–Trinajstić information content (AvgIpc) is 3.17. The first kappa shape index (κ1) is 16.4. The molecule has 23 heavy (non-hydrogen) atoms. The number of nitrogens with zero attached hydrogens (tertiary/aromatic N) is 2. The number of carbonyl (C=O) groups is 2. The third-order valence-corrected chi connectivity index (χ3v) is 5.53. The van der Waals surface area contributed by atoms with Crippen molar-refractivity contribution in [1.29, 1.82) is 0 Å². The van der Waals surface area contributed by atoms with Crippen LogP contribution in [0.2, 0.25) is 0 Å².